The van der Waals surface area contributed by atoms with Crippen LogP contribution in [0, 0.1) is 13.8 Å². The summed E-state index contributed by atoms with van der Waals surface area (Å²) < 4.78 is 5.45. The molecule has 0 aliphatic carbocycles. The Kier molecular flexibility index (Phi) is 5.65. The van der Waals surface area contributed by atoms with Crippen LogP contribution in [0.25, 0.3) is 0 Å². The van der Waals surface area contributed by atoms with Crippen molar-refractivity contribution in [1.29, 1.82) is 0 Å². The fourth-order valence-corrected chi connectivity index (χ4v) is 4.57. The van der Waals surface area contributed by atoms with E-state index in [9.17, 15) is 0 Å². The van der Waals surface area contributed by atoms with Gasteiger partial charge in [0.1, 0.15) is 11.6 Å². The zero-order valence-corrected chi connectivity index (χ0v) is 17.7. The second-order valence-electron chi connectivity index (χ2n) is 8.33. The van der Waals surface area contributed by atoms with Crippen molar-refractivity contribution in [3.63, 3.8) is 0 Å². The lowest BCUT2D eigenvalue weighted by molar-refractivity contribution is 0.178. The van der Waals surface area contributed by atoms with E-state index in [-0.39, 0.29) is 0 Å². The Balaban J connectivity index is 1.47. The van der Waals surface area contributed by atoms with Gasteiger partial charge >= 0.3 is 0 Å². The van der Waals surface area contributed by atoms with Crippen LogP contribution in [-0.4, -0.2) is 47.0 Å². The zero-order chi connectivity index (χ0) is 19.7. The third-order valence-corrected chi connectivity index (χ3v) is 6.56. The SMILES string of the molecule is COc1ccc(CN2CCc3nc([C@@H]4CCCCN4C)ncc3C2)c(C)c1C. The molecule has 0 amide bonds. The van der Waals surface area contributed by atoms with E-state index >= 15 is 0 Å². The molecule has 0 unspecified atom stereocenters. The van der Waals surface area contributed by atoms with E-state index in [0.717, 1.165) is 44.2 Å². The summed E-state index contributed by atoms with van der Waals surface area (Å²) in [5.74, 6) is 2.00. The number of hydrogen-bond donors (Lipinski definition) is 0. The van der Waals surface area contributed by atoms with E-state index in [4.69, 9.17) is 14.7 Å². The molecular weight excluding hydrogens is 348 g/mol. The average Bonchev–Trinajstić information content (AvgIpc) is 2.71. The van der Waals surface area contributed by atoms with Gasteiger partial charge in [0.05, 0.1) is 13.2 Å². The molecule has 5 heteroatoms. The van der Waals surface area contributed by atoms with E-state index < -0.39 is 0 Å². The molecule has 1 saturated heterocycles. The van der Waals surface area contributed by atoms with Gasteiger partial charge in [-0.3, -0.25) is 9.80 Å². The van der Waals surface area contributed by atoms with Gasteiger partial charge in [-0.15, -0.1) is 0 Å². The van der Waals surface area contributed by atoms with Crippen LogP contribution in [-0.2, 0) is 19.5 Å². The summed E-state index contributed by atoms with van der Waals surface area (Å²) >= 11 is 0. The van der Waals surface area contributed by atoms with Gasteiger partial charge < -0.3 is 4.74 Å². The smallest absolute Gasteiger partial charge is 0.145 e. The van der Waals surface area contributed by atoms with Crippen LogP contribution in [0.5, 0.6) is 5.75 Å². The molecule has 2 aromatic rings. The predicted octanol–water partition coefficient (Wildman–Crippen LogP) is 3.82. The Labute approximate surface area is 168 Å². The number of likely N-dealkylation sites (tertiary alicyclic amines) is 1. The first-order valence-electron chi connectivity index (χ1n) is 10.5. The standard InChI is InChI=1S/C23H32N4O/c1-16-17(2)22(28-4)9-8-18(16)14-27-12-10-20-19(15-27)13-24-23(25-20)21-7-5-6-11-26(21)3/h8-9,13,21H,5-7,10-12,14-15H2,1-4H3/t21-/m0/s1. The van der Waals surface area contributed by atoms with E-state index in [1.165, 1.54) is 47.2 Å². The second kappa shape index (κ2) is 8.18. The van der Waals surface area contributed by atoms with Gasteiger partial charge in [-0.1, -0.05) is 12.5 Å². The maximum atomic E-state index is 5.45. The minimum absolute atomic E-state index is 0.391. The van der Waals surface area contributed by atoms with Crippen LogP contribution in [0.4, 0.5) is 0 Å². The monoisotopic (exact) mass is 380 g/mol. The molecule has 1 aromatic heterocycles. The highest BCUT2D eigenvalue weighted by Crippen LogP contribution is 2.29. The minimum Gasteiger partial charge on any atom is -0.496 e. The molecule has 28 heavy (non-hydrogen) atoms. The fraction of sp³-hybridized carbons (Fsp3) is 0.565. The topological polar surface area (TPSA) is 41.5 Å². The van der Waals surface area contributed by atoms with Crippen LogP contribution < -0.4 is 4.74 Å². The molecule has 2 aliphatic rings. The Morgan fingerprint density at radius 1 is 1.14 bits per heavy atom. The normalized spacial score (nSPS) is 20.8. The van der Waals surface area contributed by atoms with Gasteiger partial charge in [-0.05, 0) is 63.0 Å². The summed E-state index contributed by atoms with van der Waals surface area (Å²) in [6, 6.07) is 4.68. The molecule has 0 spiro atoms. The van der Waals surface area contributed by atoms with Gasteiger partial charge in [-0.2, -0.15) is 0 Å². The lowest BCUT2D eigenvalue weighted by Gasteiger charge is -2.33. The molecular formula is C23H32N4O. The Morgan fingerprint density at radius 2 is 2.00 bits per heavy atom. The molecule has 3 heterocycles. The molecule has 1 atom stereocenters. The Morgan fingerprint density at radius 3 is 2.79 bits per heavy atom. The number of aromatic nitrogens is 2. The van der Waals surface area contributed by atoms with Crippen molar-refractivity contribution in [3.8, 4) is 5.75 Å². The first-order chi connectivity index (χ1) is 13.6. The van der Waals surface area contributed by atoms with Crippen molar-refractivity contribution >= 4 is 0 Å². The number of nitrogens with zero attached hydrogens (tertiary/aromatic N) is 4. The lowest BCUT2D eigenvalue weighted by atomic mass is 9.99. The second-order valence-corrected chi connectivity index (χ2v) is 8.33. The quantitative estimate of drug-likeness (QED) is 0.807. The van der Waals surface area contributed by atoms with E-state index in [0.29, 0.717) is 6.04 Å². The molecule has 1 aromatic carbocycles. The molecule has 1 fully saturated rings. The minimum atomic E-state index is 0.391. The molecule has 4 rings (SSSR count). The van der Waals surface area contributed by atoms with Crippen molar-refractivity contribution in [1.82, 2.24) is 19.8 Å². The first-order valence-corrected chi connectivity index (χ1v) is 10.5. The molecule has 0 N–H and O–H groups in total. The number of hydrogen-bond acceptors (Lipinski definition) is 5. The Hall–Kier alpha value is -1.98. The molecule has 150 valence electrons. The van der Waals surface area contributed by atoms with Crippen LogP contribution in [0.2, 0.25) is 0 Å². The van der Waals surface area contributed by atoms with E-state index in [2.05, 4.69) is 49.0 Å². The number of rotatable bonds is 4. The van der Waals surface area contributed by atoms with E-state index in [1.807, 2.05) is 0 Å². The maximum absolute atomic E-state index is 5.45. The van der Waals surface area contributed by atoms with Gasteiger partial charge in [-0.25, -0.2) is 9.97 Å². The first kappa shape index (κ1) is 19.3. The lowest BCUT2D eigenvalue weighted by Crippen LogP contribution is -2.33. The van der Waals surface area contributed by atoms with Crippen molar-refractivity contribution in [2.75, 3.05) is 27.2 Å². The van der Waals surface area contributed by atoms with Gasteiger partial charge in [0, 0.05) is 43.5 Å². The number of fused-ring (bicyclic) bond motifs is 1. The summed E-state index contributed by atoms with van der Waals surface area (Å²) in [4.78, 5) is 14.7. The maximum Gasteiger partial charge on any atom is 0.145 e. The molecule has 0 saturated carbocycles. The third-order valence-electron chi connectivity index (χ3n) is 6.56. The summed E-state index contributed by atoms with van der Waals surface area (Å²) in [5.41, 5.74) is 6.49. The number of piperidine rings is 1. The highest BCUT2D eigenvalue weighted by Gasteiger charge is 2.25. The van der Waals surface area contributed by atoms with Crippen molar-refractivity contribution in [3.05, 3.63) is 52.1 Å². The molecule has 0 bridgehead atoms. The van der Waals surface area contributed by atoms with Crippen LogP contribution in [0.15, 0.2) is 18.3 Å². The fourth-order valence-electron chi connectivity index (χ4n) is 4.57. The summed E-state index contributed by atoms with van der Waals surface area (Å²) in [6.07, 6.45) is 6.84. The van der Waals surface area contributed by atoms with Gasteiger partial charge in [0.15, 0.2) is 0 Å². The van der Waals surface area contributed by atoms with Crippen LogP contribution in [0.1, 0.15) is 59.1 Å². The van der Waals surface area contributed by atoms with Gasteiger partial charge in [0.2, 0.25) is 0 Å². The van der Waals surface area contributed by atoms with Gasteiger partial charge in [0.25, 0.3) is 0 Å². The van der Waals surface area contributed by atoms with E-state index in [1.54, 1.807) is 7.11 Å². The van der Waals surface area contributed by atoms with Crippen molar-refractivity contribution < 1.29 is 4.74 Å². The highest BCUT2D eigenvalue weighted by molar-refractivity contribution is 5.43. The largest absolute Gasteiger partial charge is 0.496 e. The summed E-state index contributed by atoms with van der Waals surface area (Å²) in [6.45, 7) is 8.43. The van der Waals surface area contributed by atoms with Crippen LogP contribution >= 0.6 is 0 Å². The summed E-state index contributed by atoms with van der Waals surface area (Å²) in [5, 5.41) is 0. The number of benzene rings is 1. The van der Waals surface area contributed by atoms with Crippen molar-refractivity contribution in [2.45, 2.75) is 58.7 Å². The zero-order valence-electron chi connectivity index (χ0n) is 17.7. The van der Waals surface area contributed by atoms with Crippen molar-refractivity contribution in [2.24, 2.45) is 0 Å². The molecule has 0 radical (unpaired) electrons. The molecule has 5 nitrogen and oxygen atoms in total. The predicted molar refractivity (Wildman–Crippen MR) is 112 cm³/mol. The molecule has 2 aliphatic heterocycles. The number of ether oxygens (including phenoxy) is 1. The summed E-state index contributed by atoms with van der Waals surface area (Å²) in [7, 11) is 3.94. The average molecular weight is 381 g/mol. The number of methoxy groups -OCH3 is 1. The Bertz CT molecular complexity index is 851. The third kappa shape index (κ3) is 3.78. The highest BCUT2D eigenvalue weighted by atomic mass is 16.5. The van der Waals surface area contributed by atoms with Crippen LogP contribution in [0.3, 0.4) is 0 Å².